The molecule has 0 saturated carbocycles. The summed E-state index contributed by atoms with van der Waals surface area (Å²) in [7, 11) is 0. The smallest absolute Gasteiger partial charge is 0.248 e. The lowest BCUT2D eigenvalue weighted by atomic mass is 10.2. The molecular formula is C18H15FN6O2. The number of aromatic amines is 1. The van der Waals surface area contributed by atoms with Crippen LogP contribution in [-0.2, 0) is 0 Å². The lowest BCUT2D eigenvalue weighted by Crippen LogP contribution is -2.17. The number of fused-ring (bicyclic) bond motifs is 1. The molecule has 0 aliphatic carbocycles. The van der Waals surface area contributed by atoms with Gasteiger partial charge < -0.3 is 15.5 Å². The molecule has 4 heterocycles. The van der Waals surface area contributed by atoms with Crippen LogP contribution in [-0.4, -0.2) is 24.7 Å². The van der Waals surface area contributed by atoms with Crippen molar-refractivity contribution in [2.45, 2.75) is 13.0 Å². The second-order valence-corrected chi connectivity index (χ2v) is 5.90. The van der Waals surface area contributed by atoms with E-state index in [4.69, 9.17) is 10.5 Å². The summed E-state index contributed by atoms with van der Waals surface area (Å²) in [5, 5.41) is 4.19. The topological polar surface area (TPSA) is 112 Å². The van der Waals surface area contributed by atoms with Gasteiger partial charge in [-0.1, -0.05) is 0 Å². The van der Waals surface area contributed by atoms with Gasteiger partial charge in [-0.2, -0.15) is 5.10 Å². The Hall–Kier alpha value is -3.75. The SMILES string of the molecule is C[C@H](Oc1cc2ncc(F)cc2nc1N)c1[nH]c(=O)ccc1-n1cccn1. The molecular weight excluding hydrogens is 351 g/mol. The summed E-state index contributed by atoms with van der Waals surface area (Å²) in [6.07, 6.45) is 3.92. The zero-order valence-electron chi connectivity index (χ0n) is 14.3. The standard InChI is InChI=1S/C18H15FN6O2/c1-10(17-14(3-4-16(26)24-17)25-6-2-5-22-25)27-15-8-12-13(23-18(15)20)7-11(19)9-21-12/h2-10H,1H3,(H2,20,23)(H,24,26)/t10-/m0/s1. The summed E-state index contributed by atoms with van der Waals surface area (Å²) in [5.41, 5.74) is 7.65. The maximum Gasteiger partial charge on any atom is 0.248 e. The van der Waals surface area contributed by atoms with Crippen LogP contribution < -0.4 is 16.0 Å². The van der Waals surface area contributed by atoms with Crippen LogP contribution in [0.25, 0.3) is 16.7 Å². The van der Waals surface area contributed by atoms with E-state index in [-0.39, 0.29) is 17.1 Å². The summed E-state index contributed by atoms with van der Waals surface area (Å²) in [4.78, 5) is 22.7. The Labute approximate surface area is 152 Å². The minimum absolute atomic E-state index is 0.0978. The van der Waals surface area contributed by atoms with Crippen LogP contribution >= 0.6 is 0 Å². The first kappa shape index (κ1) is 16.7. The van der Waals surface area contributed by atoms with E-state index in [0.29, 0.717) is 22.4 Å². The van der Waals surface area contributed by atoms with Crippen LogP contribution in [0.4, 0.5) is 10.2 Å². The van der Waals surface area contributed by atoms with E-state index in [9.17, 15) is 9.18 Å². The molecule has 3 N–H and O–H groups in total. The predicted molar refractivity (Wildman–Crippen MR) is 97.1 cm³/mol. The molecule has 4 aromatic heterocycles. The quantitative estimate of drug-likeness (QED) is 0.573. The van der Waals surface area contributed by atoms with Gasteiger partial charge in [-0.15, -0.1) is 0 Å². The summed E-state index contributed by atoms with van der Waals surface area (Å²) in [6.45, 7) is 1.76. The fourth-order valence-electron chi connectivity index (χ4n) is 2.77. The molecule has 9 heteroatoms. The van der Waals surface area contributed by atoms with Crippen molar-refractivity contribution >= 4 is 16.9 Å². The number of anilines is 1. The van der Waals surface area contributed by atoms with Crippen molar-refractivity contribution in [1.29, 1.82) is 0 Å². The number of hydrogen-bond donors (Lipinski definition) is 2. The molecule has 0 fully saturated rings. The van der Waals surface area contributed by atoms with E-state index < -0.39 is 11.9 Å². The predicted octanol–water partition coefficient (Wildman–Crippen LogP) is 2.37. The Morgan fingerprint density at radius 1 is 1.30 bits per heavy atom. The number of pyridine rings is 3. The molecule has 0 saturated heterocycles. The number of H-pyrrole nitrogens is 1. The van der Waals surface area contributed by atoms with E-state index in [0.717, 1.165) is 6.20 Å². The number of rotatable bonds is 4. The highest BCUT2D eigenvalue weighted by Crippen LogP contribution is 2.29. The van der Waals surface area contributed by atoms with E-state index in [1.807, 2.05) is 0 Å². The van der Waals surface area contributed by atoms with Gasteiger partial charge in [0.25, 0.3) is 0 Å². The second-order valence-electron chi connectivity index (χ2n) is 5.90. The van der Waals surface area contributed by atoms with Gasteiger partial charge in [-0.3, -0.25) is 9.78 Å². The zero-order chi connectivity index (χ0) is 19.0. The minimum Gasteiger partial charge on any atom is -0.480 e. The molecule has 8 nitrogen and oxygen atoms in total. The van der Waals surface area contributed by atoms with Crippen LogP contribution in [0.2, 0.25) is 0 Å². The first-order valence-corrected chi connectivity index (χ1v) is 8.13. The molecule has 1 atom stereocenters. The molecule has 4 aromatic rings. The second kappa shape index (κ2) is 6.52. The number of nitrogen functional groups attached to an aromatic ring is 1. The van der Waals surface area contributed by atoms with Gasteiger partial charge >= 0.3 is 0 Å². The molecule has 0 bridgehead atoms. The summed E-state index contributed by atoms with van der Waals surface area (Å²) < 4.78 is 20.9. The van der Waals surface area contributed by atoms with Gasteiger partial charge in [0.05, 0.1) is 28.6 Å². The van der Waals surface area contributed by atoms with Crippen molar-refractivity contribution in [2.75, 3.05) is 5.73 Å². The van der Waals surface area contributed by atoms with Gasteiger partial charge in [0.2, 0.25) is 5.56 Å². The molecule has 0 aliphatic heterocycles. The number of aromatic nitrogens is 5. The maximum absolute atomic E-state index is 13.3. The molecule has 0 amide bonds. The lowest BCUT2D eigenvalue weighted by molar-refractivity contribution is 0.222. The Morgan fingerprint density at radius 3 is 2.93 bits per heavy atom. The first-order valence-electron chi connectivity index (χ1n) is 8.13. The Bertz CT molecular complexity index is 1170. The molecule has 136 valence electrons. The van der Waals surface area contributed by atoms with Crippen molar-refractivity contribution in [3.05, 3.63) is 70.8 Å². The van der Waals surface area contributed by atoms with Gasteiger partial charge in [-0.25, -0.2) is 14.1 Å². The third-order valence-electron chi connectivity index (χ3n) is 4.01. The van der Waals surface area contributed by atoms with Gasteiger partial charge in [0, 0.05) is 30.6 Å². The highest BCUT2D eigenvalue weighted by molar-refractivity contribution is 5.78. The van der Waals surface area contributed by atoms with E-state index in [1.165, 1.54) is 12.1 Å². The molecule has 0 aliphatic rings. The Balaban J connectivity index is 1.73. The van der Waals surface area contributed by atoms with Crippen LogP contribution in [0.15, 0.2) is 53.7 Å². The highest BCUT2D eigenvalue weighted by atomic mass is 19.1. The fourth-order valence-corrected chi connectivity index (χ4v) is 2.77. The Kier molecular flexibility index (Phi) is 4.03. The normalized spacial score (nSPS) is 12.2. The van der Waals surface area contributed by atoms with Crippen molar-refractivity contribution in [3.8, 4) is 11.4 Å². The molecule has 0 unspecified atom stereocenters. The van der Waals surface area contributed by atoms with E-state index in [2.05, 4.69) is 20.1 Å². The number of hydrogen-bond acceptors (Lipinski definition) is 6. The van der Waals surface area contributed by atoms with Crippen LogP contribution in [0.1, 0.15) is 18.7 Å². The maximum atomic E-state index is 13.3. The number of nitrogens with one attached hydrogen (secondary N) is 1. The number of halogens is 1. The van der Waals surface area contributed by atoms with Crippen molar-refractivity contribution < 1.29 is 9.13 Å². The van der Waals surface area contributed by atoms with E-state index in [1.54, 1.807) is 42.2 Å². The van der Waals surface area contributed by atoms with E-state index >= 15 is 0 Å². The first-order chi connectivity index (χ1) is 13.0. The minimum atomic E-state index is -0.569. The van der Waals surface area contributed by atoms with Crippen LogP contribution in [0, 0.1) is 5.82 Å². The third kappa shape index (κ3) is 3.22. The largest absolute Gasteiger partial charge is 0.480 e. The highest BCUT2D eigenvalue weighted by Gasteiger charge is 2.17. The summed E-state index contributed by atoms with van der Waals surface area (Å²) in [5.74, 6) is -0.118. The van der Waals surface area contributed by atoms with Crippen LogP contribution in [0.3, 0.4) is 0 Å². The van der Waals surface area contributed by atoms with Crippen LogP contribution in [0.5, 0.6) is 5.75 Å². The van der Waals surface area contributed by atoms with Gasteiger partial charge in [-0.05, 0) is 19.1 Å². The summed E-state index contributed by atoms with van der Waals surface area (Å²) in [6, 6.07) is 7.68. The molecule has 0 aromatic carbocycles. The lowest BCUT2D eigenvalue weighted by Gasteiger charge is -2.19. The number of nitrogens with zero attached hydrogens (tertiary/aromatic N) is 4. The van der Waals surface area contributed by atoms with Gasteiger partial charge in [0.1, 0.15) is 11.9 Å². The average Bonchev–Trinajstić information content (AvgIpc) is 3.17. The molecule has 27 heavy (non-hydrogen) atoms. The third-order valence-corrected chi connectivity index (χ3v) is 4.01. The molecule has 0 radical (unpaired) electrons. The summed E-state index contributed by atoms with van der Waals surface area (Å²) >= 11 is 0. The molecule has 4 rings (SSSR count). The number of nitrogens with two attached hydrogens (primary N) is 1. The van der Waals surface area contributed by atoms with Crippen molar-refractivity contribution in [3.63, 3.8) is 0 Å². The monoisotopic (exact) mass is 366 g/mol. The van der Waals surface area contributed by atoms with Crippen molar-refractivity contribution in [2.24, 2.45) is 0 Å². The van der Waals surface area contributed by atoms with Gasteiger partial charge in [0.15, 0.2) is 11.6 Å². The fraction of sp³-hybridized carbons (Fsp3) is 0.111. The Morgan fingerprint density at radius 2 is 2.15 bits per heavy atom. The zero-order valence-corrected chi connectivity index (χ0v) is 14.3. The average molecular weight is 366 g/mol. The van der Waals surface area contributed by atoms with Crippen molar-refractivity contribution in [1.82, 2.24) is 24.7 Å². The molecule has 0 spiro atoms. The number of ether oxygens (including phenoxy) is 1.